The Labute approximate surface area is 199 Å². The van der Waals surface area contributed by atoms with Crippen LogP contribution in [0.5, 0.6) is 0 Å². The molecule has 0 bridgehead atoms. The number of carboxylic acids is 3. The predicted molar refractivity (Wildman–Crippen MR) is 117 cm³/mol. The van der Waals surface area contributed by atoms with Crippen LogP contribution in [0.1, 0.15) is 44.9 Å². The Morgan fingerprint density at radius 1 is 0.686 bits per heavy atom. The summed E-state index contributed by atoms with van der Waals surface area (Å²) in [6.45, 7) is 0.306. The number of carboxylic acid groups (broad SMARTS) is 3. The van der Waals surface area contributed by atoms with Crippen molar-refractivity contribution in [2.75, 3.05) is 6.54 Å². The lowest BCUT2D eigenvalue weighted by atomic mass is 10.1. The molecule has 0 aromatic carbocycles. The molecule has 0 fully saturated rings. The van der Waals surface area contributed by atoms with Crippen LogP contribution in [0.25, 0.3) is 0 Å². The van der Waals surface area contributed by atoms with Crippen molar-refractivity contribution in [1.29, 1.82) is 0 Å². The summed E-state index contributed by atoms with van der Waals surface area (Å²) in [5, 5.41) is 33.4. The van der Waals surface area contributed by atoms with E-state index in [4.69, 9.17) is 27.4 Å². The van der Waals surface area contributed by atoms with Crippen LogP contribution in [-0.2, 0) is 33.6 Å². The molecule has 0 spiro atoms. The Bertz CT molecular complexity index is 805. The second-order valence-corrected chi connectivity index (χ2v) is 7.61. The van der Waals surface area contributed by atoms with Gasteiger partial charge >= 0.3 is 17.9 Å². The van der Waals surface area contributed by atoms with E-state index in [0.717, 1.165) is 0 Å². The number of hydrogen-bond acceptors (Lipinski definition) is 9. The summed E-state index contributed by atoms with van der Waals surface area (Å²) in [5.74, 6) is -8.32. The van der Waals surface area contributed by atoms with Gasteiger partial charge in [-0.15, -0.1) is 0 Å². The van der Waals surface area contributed by atoms with Crippen LogP contribution < -0.4 is 33.2 Å². The molecule has 16 heteroatoms. The fraction of sp³-hybridized carbons (Fsp3) is 0.632. The molecule has 198 valence electrons. The van der Waals surface area contributed by atoms with Gasteiger partial charge in [-0.25, -0.2) is 4.79 Å². The first-order chi connectivity index (χ1) is 16.3. The van der Waals surface area contributed by atoms with Gasteiger partial charge in [0.15, 0.2) is 0 Å². The van der Waals surface area contributed by atoms with Crippen molar-refractivity contribution in [3.8, 4) is 0 Å². The highest BCUT2D eigenvalue weighted by Gasteiger charge is 2.31. The quantitative estimate of drug-likeness (QED) is 0.0812. The average Bonchev–Trinajstić information content (AvgIpc) is 2.74. The minimum absolute atomic E-state index is 0.0275. The molecule has 0 rings (SSSR count). The lowest BCUT2D eigenvalue weighted by Gasteiger charge is -2.24. The third-order valence-electron chi connectivity index (χ3n) is 4.61. The molecule has 4 amide bonds. The minimum Gasteiger partial charge on any atom is -0.481 e. The summed E-state index contributed by atoms with van der Waals surface area (Å²) in [7, 11) is 0. The van der Waals surface area contributed by atoms with E-state index in [-0.39, 0.29) is 6.42 Å². The first kappa shape index (κ1) is 31.2. The van der Waals surface area contributed by atoms with Gasteiger partial charge in [0.25, 0.3) is 0 Å². The van der Waals surface area contributed by atoms with Gasteiger partial charge in [-0.05, 0) is 32.2 Å². The largest absolute Gasteiger partial charge is 0.481 e. The summed E-state index contributed by atoms with van der Waals surface area (Å²) in [5.41, 5.74) is 15.9. The Morgan fingerprint density at radius 2 is 1.23 bits per heavy atom. The molecule has 0 aliphatic rings. The number of hydrogen-bond donors (Lipinski definition) is 9. The molecule has 4 unspecified atom stereocenters. The molecular weight excluding hydrogens is 472 g/mol. The molecular formula is C19H32N6O10. The lowest BCUT2D eigenvalue weighted by Crippen LogP contribution is -2.57. The predicted octanol–water partition coefficient (Wildman–Crippen LogP) is -3.80. The van der Waals surface area contributed by atoms with E-state index in [1.54, 1.807) is 0 Å². The Hall–Kier alpha value is -3.79. The summed E-state index contributed by atoms with van der Waals surface area (Å²) in [6.07, 6.45) is -1.65. The first-order valence-electron chi connectivity index (χ1n) is 10.6. The van der Waals surface area contributed by atoms with Gasteiger partial charge in [0, 0.05) is 6.42 Å². The number of amides is 4. The Balaban J connectivity index is 5.56. The minimum atomic E-state index is -1.67. The molecule has 0 saturated heterocycles. The lowest BCUT2D eigenvalue weighted by molar-refractivity contribution is -0.143. The monoisotopic (exact) mass is 504 g/mol. The number of carbonyl (C=O) groups is 7. The van der Waals surface area contributed by atoms with Gasteiger partial charge in [0.2, 0.25) is 23.6 Å². The van der Waals surface area contributed by atoms with Gasteiger partial charge in [-0.2, -0.15) is 0 Å². The first-order valence-corrected chi connectivity index (χ1v) is 10.6. The van der Waals surface area contributed by atoms with Crippen LogP contribution >= 0.6 is 0 Å². The molecule has 35 heavy (non-hydrogen) atoms. The second kappa shape index (κ2) is 15.9. The van der Waals surface area contributed by atoms with E-state index in [2.05, 4.69) is 16.0 Å². The van der Waals surface area contributed by atoms with E-state index in [0.29, 0.717) is 19.4 Å². The molecule has 0 aromatic heterocycles. The number of carbonyl (C=O) groups excluding carboxylic acids is 4. The van der Waals surface area contributed by atoms with Crippen molar-refractivity contribution in [3.05, 3.63) is 0 Å². The molecule has 4 atom stereocenters. The molecule has 0 heterocycles. The number of aliphatic carboxylic acids is 3. The molecule has 0 aliphatic heterocycles. The maximum atomic E-state index is 12.7. The molecule has 0 aromatic rings. The third kappa shape index (κ3) is 13.5. The molecule has 0 radical (unpaired) electrons. The average molecular weight is 504 g/mol. The van der Waals surface area contributed by atoms with Crippen molar-refractivity contribution in [3.63, 3.8) is 0 Å². The highest BCUT2D eigenvalue weighted by Crippen LogP contribution is 2.05. The van der Waals surface area contributed by atoms with Crippen molar-refractivity contribution in [1.82, 2.24) is 16.0 Å². The van der Waals surface area contributed by atoms with E-state index in [1.807, 2.05) is 0 Å². The zero-order valence-corrected chi connectivity index (χ0v) is 18.9. The summed E-state index contributed by atoms with van der Waals surface area (Å²) < 4.78 is 0. The van der Waals surface area contributed by atoms with Crippen molar-refractivity contribution in [2.45, 2.75) is 69.1 Å². The summed E-state index contributed by atoms with van der Waals surface area (Å²) >= 11 is 0. The number of rotatable bonds is 18. The SMILES string of the molecule is NCCCCC(NC(=O)C(CCC(=O)O)NC(=O)C(CC(N)=O)NC(=O)C(N)CC(=O)O)C(=O)O. The van der Waals surface area contributed by atoms with Crippen LogP contribution in [0.2, 0.25) is 0 Å². The number of primary amides is 1. The van der Waals surface area contributed by atoms with Crippen LogP contribution in [0.3, 0.4) is 0 Å². The van der Waals surface area contributed by atoms with Gasteiger partial charge < -0.3 is 48.5 Å². The number of unbranched alkanes of at least 4 members (excludes halogenated alkanes) is 1. The van der Waals surface area contributed by atoms with Crippen LogP contribution in [0.4, 0.5) is 0 Å². The van der Waals surface area contributed by atoms with E-state index < -0.39 is 91.4 Å². The zero-order chi connectivity index (χ0) is 27.1. The van der Waals surface area contributed by atoms with Crippen LogP contribution in [-0.4, -0.2) is 87.6 Å². The fourth-order valence-corrected chi connectivity index (χ4v) is 2.80. The fourth-order valence-electron chi connectivity index (χ4n) is 2.80. The topological polar surface area (TPSA) is 294 Å². The van der Waals surface area contributed by atoms with Crippen LogP contribution in [0, 0.1) is 0 Å². The summed E-state index contributed by atoms with van der Waals surface area (Å²) in [4.78, 5) is 82.0. The maximum Gasteiger partial charge on any atom is 0.326 e. The number of nitrogens with one attached hydrogen (secondary N) is 3. The standard InChI is InChI=1S/C19H32N6O10/c20-6-2-1-3-11(19(34)35)24-17(32)10(4-5-14(27)28)23-18(33)12(8-13(22)26)25-16(31)9(21)7-15(29)30/h9-12H,1-8,20-21H2,(H2,22,26)(H,23,33)(H,24,32)(H,25,31)(H,27,28)(H,29,30)(H,34,35). The van der Waals surface area contributed by atoms with Gasteiger partial charge in [-0.1, -0.05) is 0 Å². The summed E-state index contributed by atoms with van der Waals surface area (Å²) in [6, 6.07) is -6.12. The smallest absolute Gasteiger partial charge is 0.326 e. The van der Waals surface area contributed by atoms with Crippen molar-refractivity contribution >= 4 is 41.5 Å². The van der Waals surface area contributed by atoms with E-state index in [1.165, 1.54) is 0 Å². The van der Waals surface area contributed by atoms with Gasteiger partial charge in [0.1, 0.15) is 18.1 Å². The highest BCUT2D eigenvalue weighted by molar-refractivity contribution is 5.96. The second-order valence-electron chi connectivity index (χ2n) is 7.61. The molecule has 16 nitrogen and oxygen atoms in total. The third-order valence-corrected chi connectivity index (χ3v) is 4.61. The highest BCUT2D eigenvalue weighted by atomic mass is 16.4. The van der Waals surface area contributed by atoms with Gasteiger partial charge in [0.05, 0.1) is 18.9 Å². The van der Waals surface area contributed by atoms with Gasteiger partial charge in [-0.3, -0.25) is 28.8 Å². The Kier molecular flexibility index (Phi) is 14.2. The van der Waals surface area contributed by atoms with E-state index >= 15 is 0 Å². The maximum absolute atomic E-state index is 12.7. The normalized spacial score (nSPS) is 14.0. The van der Waals surface area contributed by atoms with Crippen molar-refractivity contribution < 1.29 is 48.9 Å². The van der Waals surface area contributed by atoms with Crippen molar-refractivity contribution in [2.24, 2.45) is 17.2 Å². The Morgan fingerprint density at radius 3 is 1.71 bits per heavy atom. The molecule has 12 N–H and O–H groups in total. The molecule has 0 aliphatic carbocycles. The zero-order valence-electron chi connectivity index (χ0n) is 18.9. The van der Waals surface area contributed by atoms with E-state index in [9.17, 15) is 38.7 Å². The van der Waals surface area contributed by atoms with Crippen LogP contribution in [0.15, 0.2) is 0 Å². The molecule has 0 saturated carbocycles. The number of nitrogens with two attached hydrogens (primary N) is 3.